The Labute approximate surface area is 173 Å². The first-order valence-corrected chi connectivity index (χ1v) is 11.8. The lowest BCUT2D eigenvalue weighted by Gasteiger charge is -2.14. The molecule has 1 saturated carbocycles. The minimum Gasteiger partial charge on any atom is -0.376 e. The van der Waals surface area contributed by atoms with Crippen LogP contribution in [0.3, 0.4) is 0 Å². The highest BCUT2D eigenvalue weighted by Crippen LogP contribution is 2.40. The van der Waals surface area contributed by atoms with Gasteiger partial charge in [-0.25, -0.2) is 4.98 Å². The van der Waals surface area contributed by atoms with Gasteiger partial charge in [0, 0.05) is 29.2 Å². The Balaban J connectivity index is 1.31. The third-order valence-electron chi connectivity index (χ3n) is 5.37. The minimum absolute atomic E-state index is 0.305. The third kappa shape index (κ3) is 3.88. The summed E-state index contributed by atoms with van der Waals surface area (Å²) >= 11 is 3.46. The van der Waals surface area contributed by atoms with Gasteiger partial charge in [0.25, 0.3) is 0 Å². The third-order valence-corrected chi connectivity index (χ3v) is 7.30. The van der Waals surface area contributed by atoms with Crippen LogP contribution in [-0.4, -0.2) is 32.5 Å². The fourth-order valence-corrected chi connectivity index (χ4v) is 5.52. The Morgan fingerprint density at radius 3 is 2.89 bits per heavy atom. The summed E-state index contributed by atoms with van der Waals surface area (Å²) in [4.78, 5) is 4.86. The maximum Gasteiger partial charge on any atom is 0.191 e. The topological polar surface area (TPSA) is 52.8 Å². The van der Waals surface area contributed by atoms with Gasteiger partial charge in [0.15, 0.2) is 5.16 Å². The molecule has 1 aliphatic carbocycles. The molecule has 3 heterocycles. The van der Waals surface area contributed by atoms with Crippen LogP contribution in [0.15, 0.2) is 34.8 Å². The van der Waals surface area contributed by atoms with E-state index in [2.05, 4.69) is 51.3 Å². The molecule has 0 N–H and O–H groups in total. The number of hydrogen-bond acceptors (Lipinski definition) is 6. The molecule has 2 aliphatic rings. The van der Waals surface area contributed by atoms with Crippen LogP contribution in [0.2, 0.25) is 0 Å². The molecule has 0 amide bonds. The maximum atomic E-state index is 5.87. The zero-order valence-corrected chi connectivity index (χ0v) is 17.6. The highest BCUT2D eigenvalue weighted by atomic mass is 32.2. The number of thioether (sulfide) groups is 1. The summed E-state index contributed by atoms with van der Waals surface area (Å²) in [5.41, 5.74) is 3.59. The van der Waals surface area contributed by atoms with Gasteiger partial charge in [0.1, 0.15) is 10.8 Å². The van der Waals surface area contributed by atoms with Crippen LogP contribution in [0.1, 0.15) is 48.7 Å². The van der Waals surface area contributed by atoms with Gasteiger partial charge in [-0.15, -0.1) is 21.5 Å². The number of ether oxygens (including phenoxy) is 1. The van der Waals surface area contributed by atoms with E-state index in [0.717, 1.165) is 53.4 Å². The van der Waals surface area contributed by atoms with Crippen LogP contribution in [0, 0.1) is 6.92 Å². The van der Waals surface area contributed by atoms with Crippen molar-refractivity contribution in [1.29, 1.82) is 0 Å². The molecule has 0 radical (unpaired) electrons. The Kier molecular flexibility index (Phi) is 5.22. The average Bonchev–Trinajstić information content (AvgIpc) is 3.10. The Bertz CT molecular complexity index is 957. The van der Waals surface area contributed by atoms with Crippen molar-refractivity contribution in [2.45, 2.75) is 62.1 Å². The van der Waals surface area contributed by atoms with Gasteiger partial charge in [-0.1, -0.05) is 36.0 Å². The highest BCUT2D eigenvalue weighted by molar-refractivity contribution is 7.98. The summed E-state index contributed by atoms with van der Waals surface area (Å²) in [7, 11) is 0. The van der Waals surface area contributed by atoms with Crippen LogP contribution < -0.4 is 0 Å². The second-order valence-corrected chi connectivity index (χ2v) is 9.41. The number of hydrogen-bond donors (Lipinski definition) is 0. The van der Waals surface area contributed by atoms with E-state index in [4.69, 9.17) is 9.72 Å². The molecule has 1 aromatic carbocycles. The molecule has 3 aromatic rings. The predicted molar refractivity (Wildman–Crippen MR) is 113 cm³/mol. The lowest BCUT2D eigenvalue weighted by Crippen LogP contribution is -2.17. The van der Waals surface area contributed by atoms with E-state index in [-0.39, 0.29) is 0 Å². The van der Waals surface area contributed by atoms with Gasteiger partial charge >= 0.3 is 0 Å². The molecule has 2 aromatic heterocycles. The molecule has 1 atom stereocenters. The summed E-state index contributed by atoms with van der Waals surface area (Å²) in [6.45, 7) is 3.90. The number of nitrogens with zero attached hydrogens (tertiary/aromatic N) is 4. The van der Waals surface area contributed by atoms with Crippen LogP contribution in [0.25, 0.3) is 10.6 Å². The quantitative estimate of drug-likeness (QED) is 0.508. The highest BCUT2D eigenvalue weighted by Gasteiger charge is 2.31. The van der Waals surface area contributed by atoms with Crippen LogP contribution in [0.5, 0.6) is 0 Å². The molecule has 5 nitrogen and oxygen atoms in total. The molecule has 1 saturated heterocycles. The largest absolute Gasteiger partial charge is 0.376 e. The summed E-state index contributed by atoms with van der Waals surface area (Å²) in [6.07, 6.45) is 5.08. The molecule has 0 bridgehead atoms. The Hall–Kier alpha value is -1.70. The second kappa shape index (κ2) is 7.97. The lowest BCUT2D eigenvalue weighted by molar-refractivity contribution is 0.0942. The number of aryl methyl sites for hydroxylation is 1. The number of benzene rings is 1. The molecule has 2 fully saturated rings. The van der Waals surface area contributed by atoms with E-state index in [0.29, 0.717) is 12.0 Å². The minimum atomic E-state index is 0.305. The van der Waals surface area contributed by atoms with Crippen molar-refractivity contribution in [1.82, 2.24) is 19.7 Å². The van der Waals surface area contributed by atoms with E-state index in [1.54, 1.807) is 23.1 Å². The van der Waals surface area contributed by atoms with Gasteiger partial charge in [-0.2, -0.15) is 0 Å². The van der Waals surface area contributed by atoms with Gasteiger partial charge in [-0.3, -0.25) is 0 Å². The molecular formula is C21H24N4OS2. The van der Waals surface area contributed by atoms with Gasteiger partial charge < -0.3 is 9.30 Å². The average molecular weight is 413 g/mol. The molecule has 146 valence electrons. The molecule has 7 heteroatoms. The van der Waals surface area contributed by atoms with Crippen LogP contribution in [0.4, 0.5) is 0 Å². The van der Waals surface area contributed by atoms with Gasteiger partial charge in [-0.05, 0) is 38.2 Å². The van der Waals surface area contributed by atoms with Gasteiger partial charge in [0.05, 0.1) is 18.3 Å². The van der Waals surface area contributed by atoms with Crippen molar-refractivity contribution < 1.29 is 4.74 Å². The molecular weight excluding hydrogens is 388 g/mol. The smallest absolute Gasteiger partial charge is 0.191 e. The SMILES string of the molecule is Cc1ccccc1-c1nc(CSc2nnc(C3CC3)n2CC2CCCO2)cs1. The Morgan fingerprint density at radius 2 is 2.11 bits per heavy atom. The van der Waals surface area contributed by atoms with Crippen LogP contribution >= 0.6 is 23.1 Å². The second-order valence-electron chi connectivity index (χ2n) is 7.61. The monoisotopic (exact) mass is 412 g/mol. The van der Waals surface area contributed by atoms with Crippen LogP contribution in [-0.2, 0) is 17.0 Å². The molecule has 28 heavy (non-hydrogen) atoms. The van der Waals surface area contributed by atoms with Crippen molar-refractivity contribution in [3.05, 3.63) is 46.7 Å². The lowest BCUT2D eigenvalue weighted by atomic mass is 10.1. The summed E-state index contributed by atoms with van der Waals surface area (Å²) in [6, 6.07) is 8.43. The van der Waals surface area contributed by atoms with Crippen molar-refractivity contribution in [3.8, 4) is 10.6 Å². The van der Waals surface area contributed by atoms with Crippen molar-refractivity contribution in [2.75, 3.05) is 6.61 Å². The molecule has 5 rings (SSSR count). The fraction of sp³-hybridized carbons (Fsp3) is 0.476. The van der Waals surface area contributed by atoms with E-state index >= 15 is 0 Å². The zero-order chi connectivity index (χ0) is 18.9. The van der Waals surface area contributed by atoms with Gasteiger partial charge in [0.2, 0.25) is 0 Å². The number of aromatic nitrogens is 4. The predicted octanol–water partition coefficient (Wildman–Crippen LogP) is 5.06. The first kappa shape index (κ1) is 18.3. The summed E-state index contributed by atoms with van der Waals surface area (Å²) < 4.78 is 8.18. The van der Waals surface area contributed by atoms with Crippen molar-refractivity contribution in [3.63, 3.8) is 0 Å². The van der Waals surface area contributed by atoms with E-state index in [9.17, 15) is 0 Å². The number of thiazole rings is 1. The standard InChI is InChI=1S/C21H24N4OS2/c1-14-5-2-3-7-18(14)20-22-16(12-27-20)13-28-21-24-23-19(15-8-9-15)25(21)11-17-6-4-10-26-17/h2-3,5,7,12,15,17H,4,6,8-11,13H2,1H3. The van der Waals surface area contributed by atoms with Crippen molar-refractivity contribution in [2.24, 2.45) is 0 Å². The molecule has 1 aliphatic heterocycles. The zero-order valence-electron chi connectivity index (χ0n) is 16.0. The molecule has 1 unspecified atom stereocenters. The Morgan fingerprint density at radius 1 is 1.21 bits per heavy atom. The molecule has 0 spiro atoms. The first-order valence-electron chi connectivity index (χ1n) is 9.96. The normalized spacial score (nSPS) is 19.4. The van der Waals surface area contributed by atoms with E-state index in [1.165, 1.54) is 24.0 Å². The first-order chi connectivity index (χ1) is 13.8. The van der Waals surface area contributed by atoms with Crippen molar-refractivity contribution >= 4 is 23.1 Å². The fourth-order valence-electron chi connectivity index (χ4n) is 3.66. The van der Waals surface area contributed by atoms with E-state index < -0.39 is 0 Å². The van der Waals surface area contributed by atoms with E-state index in [1.807, 2.05) is 0 Å². The number of rotatable bonds is 7. The maximum absolute atomic E-state index is 5.87. The summed E-state index contributed by atoms with van der Waals surface area (Å²) in [5.74, 6) is 2.56. The summed E-state index contributed by atoms with van der Waals surface area (Å²) in [5, 5.41) is 13.3.